The number of hydrogen-bond acceptors (Lipinski definition) is 9. The third kappa shape index (κ3) is 5.00. The molecule has 1 amide bonds. The van der Waals surface area contributed by atoms with Gasteiger partial charge in [-0.2, -0.15) is 0 Å². The molecule has 0 bridgehead atoms. The number of hydrogen-bond donors (Lipinski definition) is 3. The van der Waals surface area contributed by atoms with Crippen molar-refractivity contribution in [1.82, 2.24) is 26.1 Å². The van der Waals surface area contributed by atoms with Crippen LogP contribution in [0, 0.1) is 5.92 Å². The lowest BCUT2D eigenvalue weighted by molar-refractivity contribution is -0.146. The van der Waals surface area contributed by atoms with E-state index in [1.165, 1.54) is 0 Å². The molecule has 1 spiro atoms. The van der Waals surface area contributed by atoms with Crippen LogP contribution in [-0.2, 0) is 19.0 Å². The van der Waals surface area contributed by atoms with Crippen LogP contribution in [0.25, 0.3) is 0 Å². The predicted octanol–water partition coefficient (Wildman–Crippen LogP) is 0.700. The fourth-order valence-electron chi connectivity index (χ4n) is 5.79. The molecule has 4 unspecified atom stereocenters. The largest absolute Gasteiger partial charge is 0.382 e. The van der Waals surface area contributed by atoms with Crippen molar-refractivity contribution in [2.24, 2.45) is 5.92 Å². The monoisotopic (exact) mass is 460 g/mol. The van der Waals surface area contributed by atoms with Gasteiger partial charge in [0.05, 0.1) is 36.2 Å². The van der Waals surface area contributed by atoms with Gasteiger partial charge in [-0.05, 0) is 39.0 Å². The van der Waals surface area contributed by atoms with Crippen LogP contribution in [0.5, 0.6) is 0 Å². The molecule has 5 rings (SSSR count). The van der Waals surface area contributed by atoms with Gasteiger partial charge in [-0.1, -0.05) is 0 Å². The standard InChI is InChI=1S/C23H36N6O4/c1-15(11-31-2)33-16-3-4-18-17(9-16)22(28-27-18)19-10-20(26-14-25-19)29-7-5-23(6-8-29)13-24-21(30)12-32-23/h10,14-18,22,27-28H,3-9,11-13H2,1-2H3,(H,24,30)/t15-,16?,17?,18?,22?/m0/s1. The van der Waals surface area contributed by atoms with Gasteiger partial charge in [0.25, 0.3) is 0 Å². The van der Waals surface area contributed by atoms with Crippen molar-refractivity contribution in [2.75, 3.05) is 44.9 Å². The highest BCUT2D eigenvalue weighted by Crippen LogP contribution is 2.39. The summed E-state index contributed by atoms with van der Waals surface area (Å²) in [6, 6.07) is 2.69. The summed E-state index contributed by atoms with van der Waals surface area (Å²) in [5.41, 5.74) is 7.77. The summed E-state index contributed by atoms with van der Waals surface area (Å²) in [6.45, 7) is 5.15. The van der Waals surface area contributed by atoms with Crippen LogP contribution in [0.4, 0.5) is 5.82 Å². The first-order chi connectivity index (χ1) is 16.0. The van der Waals surface area contributed by atoms with Crippen molar-refractivity contribution < 1.29 is 19.0 Å². The van der Waals surface area contributed by atoms with E-state index in [4.69, 9.17) is 14.2 Å². The molecule has 182 valence electrons. The Morgan fingerprint density at radius 3 is 2.88 bits per heavy atom. The molecule has 10 heteroatoms. The van der Waals surface area contributed by atoms with Crippen LogP contribution in [0.15, 0.2) is 12.4 Å². The van der Waals surface area contributed by atoms with Crippen LogP contribution in [0.2, 0.25) is 0 Å². The van der Waals surface area contributed by atoms with Crippen molar-refractivity contribution in [1.29, 1.82) is 0 Å². The number of nitrogens with one attached hydrogen (secondary N) is 3. The Bertz CT molecular complexity index is 821. The third-order valence-electron chi connectivity index (χ3n) is 7.64. The molecular weight excluding hydrogens is 424 g/mol. The summed E-state index contributed by atoms with van der Waals surface area (Å²) in [5.74, 6) is 1.35. The summed E-state index contributed by atoms with van der Waals surface area (Å²) in [6.07, 6.45) is 6.92. The molecular formula is C23H36N6O4. The van der Waals surface area contributed by atoms with Crippen LogP contribution >= 0.6 is 0 Å². The third-order valence-corrected chi connectivity index (χ3v) is 7.64. The second-order valence-electron chi connectivity index (χ2n) is 9.91. The molecule has 33 heavy (non-hydrogen) atoms. The van der Waals surface area contributed by atoms with Crippen LogP contribution < -0.4 is 21.1 Å². The average Bonchev–Trinajstić information content (AvgIpc) is 3.25. The number of rotatable bonds is 6. The number of carbonyl (C=O) groups excluding carboxylic acids is 1. The fourth-order valence-corrected chi connectivity index (χ4v) is 5.79. The van der Waals surface area contributed by atoms with Gasteiger partial charge in [-0.15, -0.1) is 0 Å². The summed E-state index contributed by atoms with van der Waals surface area (Å²) in [7, 11) is 1.71. The summed E-state index contributed by atoms with van der Waals surface area (Å²) in [5, 5.41) is 2.95. The highest BCUT2D eigenvalue weighted by Gasteiger charge is 2.43. The second-order valence-corrected chi connectivity index (χ2v) is 9.91. The maximum Gasteiger partial charge on any atom is 0.246 e. The van der Waals surface area contributed by atoms with E-state index in [1.54, 1.807) is 13.4 Å². The van der Waals surface area contributed by atoms with Gasteiger partial charge in [0.2, 0.25) is 5.91 Å². The topological polar surface area (TPSA) is 110 Å². The Balaban J connectivity index is 1.22. The molecule has 4 aliphatic rings. The molecule has 3 N–H and O–H groups in total. The van der Waals surface area contributed by atoms with Gasteiger partial charge in [-0.3, -0.25) is 10.2 Å². The first-order valence-corrected chi connectivity index (χ1v) is 12.2. The first kappa shape index (κ1) is 22.9. The zero-order valence-electron chi connectivity index (χ0n) is 19.6. The average molecular weight is 461 g/mol. The summed E-state index contributed by atoms with van der Waals surface area (Å²) >= 11 is 0. The minimum Gasteiger partial charge on any atom is -0.382 e. The highest BCUT2D eigenvalue weighted by atomic mass is 16.5. The van der Waals surface area contributed by atoms with Crippen molar-refractivity contribution in [3.8, 4) is 0 Å². The lowest BCUT2D eigenvalue weighted by atomic mass is 9.79. The number of aromatic nitrogens is 2. The van der Waals surface area contributed by atoms with E-state index in [0.717, 1.165) is 56.7 Å². The van der Waals surface area contributed by atoms with Gasteiger partial charge < -0.3 is 24.4 Å². The number of nitrogens with zero attached hydrogens (tertiary/aromatic N) is 3. The minimum atomic E-state index is -0.235. The molecule has 10 nitrogen and oxygen atoms in total. The summed E-state index contributed by atoms with van der Waals surface area (Å²) < 4.78 is 17.4. The van der Waals surface area contributed by atoms with E-state index >= 15 is 0 Å². The Labute approximate surface area is 195 Å². The number of morpholine rings is 1. The van der Waals surface area contributed by atoms with Gasteiger partial charge >= 0.3 is 0 Å². The normalized spacial score (nSPS) is 32.4. The van der Waals surface area contributed by atoms with Gasteiger partial charge in [0, 0.05) is 44.8 Å². The van der Waals surface area contributed by atoms with Gasteiger partial charge in [-0.25, -0.2) is 15.4 Å². The van der Waals surface area contributed by atoms with E-state index in [2.05, 4.69) is 44.0 Å². The van der Waals surface area contributed by atoms with E-state index < -0.39 is 0 Å². The van der Waals surface area contributed by atoms with Crippen LogP contribution in [0.3, 0.4) is 0 Å². The SMILES string of the molecule is COC[C@H](C)OC1CCC2NNC(c3cc(N4CCC5(CC4)CNC(=O)CO5)ncn3)C2C1. The lowest BCUT2D eigenvalue weighted by Crippen LogP contribution is -2.57. The molecule has 0 radical (unpaired) electrons. The van der Waals surface area contributed by atoms with Crippen molar-refractivity contribution >= 4 is 11.7 Å². The van der Waals surface area contributed by atoms with E-state index in [9.17, 15) is 4.79 Å². The Hall–Kier alpha value is -1.85. The molecule has 0 aromatic carbocycles. The predicted molar refractivity (Wildman–Crippen MR) is 122 cm³/mol. The molecule has 1 aliphatic carbocycles. The molecule has 4 heterocycles. The Kier molecular flexibility index (Phi) is 6.80. The first-order valence-electron chi connectivity index (χ1n) is 12.2. The number of carbonyl (C=O) groups is 1. The fraction of sp³-hybridized carbons (Fsp3) is 0.783. The molecule has 3 saturated heterocycles. The van der Waals surface area contributed by atoms with E-state index in [0.29, 0.717) is 25.1 Å². The number of fused-ring (bicyclic) bond motifs is 1. The lowest BCUT2D eigenvalue weighted by Gasteiger charge is -2.44. The zero-order chi connectivity index (χ0) is 22.8. The quantitative estimate of drug-likeness (QED) is 0.565. The number of piperidine rings is 1. The molecule has 1 saturated carbocycles. The number of anilines is 1. The molecule has 1 aromatic heterocycles. The zero-order valence-corrected chi connectivity index (χ0v) is 19.6. The van der Waals surface area contributed by atoms with Gasteiger partial charge in [0.1, 0.15) is 18.8 Å². The van der Waals surface area contributed by atoms with E-state index in [1.807, 2.05) is 0 Å². The maximum absolute atomic E-state index is 11.5. The van der Waals surface area contributed by atoms with Crippen molar-refractivity contribution in [3.63, 3.8) is 0 Å². The number of methoxy groups -OCH3 is 1. The summed E-state index contributed by atoms with van der Waals surface area (Å²) in [4.78, 5) is 23.0. The number of amides is 1. The maximum atomic E-state index is 11.5. The Morgan fingerprint density at radius 2 is 2.12 bits per heavy atom. The smallest absolute Gasteiger partial charge is 0.246 e. The number of ether oxygens (including phenoxy) is 3. The Morgan fingerprint density at radius 1 is 1.27 bits per heavy atom. The van der Waals surface area contributed by atoms with E-state index in [-0.39, 0.29) is 36.4 Å². The molecule has 4 fully saturated rings. The van der Waals surface area contributed by atoms with Crippen LogP contribution in [0.1, 0.15) is 50.8 Å². The molecule has 1 aromatic rings. The van der Waals surface area contributed by atoms with Crippen LogP contribution in [-0.4, -0.2) is 79.7 Å². The molecule has 3 aliphatic heterocycles. The number of hydrazine groups is 1. The second kappa shape index (κ2) is 9.79. The minimum absolute atomic E-state index is 0.0250. The van der Waals surface area contributed by atoms with Crippen molar-refractivity contribution in [2.45, 2.75) is 68.9 Å². The van der Waals surface area contributed by atoms with Gasteiger partial charge in [0.15, 0.2) is 0 Å². The highest BCUT2D eigenvalue weighted by molar-refractivity contribution is 5.78. The van der Waals surface area contributed by atoms with Crippen molar-refractivity contribution in [3.05, 3.63) is 18.1 Å². The molecule has 5 atom stereocenters.